The molecule has 0 spiro atoms. The van der Waals surface area contributed by atoms with Crippen molar-refractivity contribution < 1.29 is 9.13 Å². The number of pyridine rings is 1. The van der Waals surface area contributed by atoms with Crippen LogP contribution in [0.1, 0.15) is 0 Å². The molecule has 0 aliphatic rings. The quantitative estimate of drug-likeness (QED) is 0.748. The molecule has 1 aromatic heterocycles. The molecule has 1 heterocycles. The van der Waals surface area contributed by atoms with Gasteiger partial charge in [-0.1, -0.05) is 12.1 Å². The molecule has 0 saturated heterocycles. The summed E-state index contributed by atoms with van der Waals surface area (Å²) in [6, 6.07) is 10.1. The summed E-state index contributed by atoms with van der Waals surface area (Å²) in [5, 5.41) is 0. The van der Waals surface area contributed by atoms with Crippen LogP contribution < -0.4 is 4.74 Å². The number of aromatic nitrogens is 1. The van der Waals surface area contributed by atoms with Gasteiger partial charge in [0, 0.05) is 11.8 Å². The molecule has 0 N–H and O–H groups in total. The first-order valence-electron chi connectivity index (χ1n) is 4.56. The topological polar surface area (TPSA) is 22.1 Å². The third-order valence-corrected chi connectivity index (χ3v) is 2.10. The van der Waals surface area contributed by atoms with Crippen molar-refractivity contribution in [3.63, 3.8) is 0 Å². The van der Waals surface area contributed by atoms with E-state index in [0.717, 1.165) is 0 Å². The van der Waals surface area contributed by atoms with Crippen molar-refractivity contribution >= 4 is 0 Å². The highest BCUT2D eigenvalue weighted by Crippen LogP contribution is 2.23. The molecule has 0 atom stereocenters. The zero-order chi connectivity index (χ0) is 10.7. The Labute approximate surface area is 87.4 Å². The largest absolute Gasteiger partial charge is 0.497 e. The third-order valence-electron chi connectivity index (χ3n) is 2.10. The van der Waals surface area contributed by atoms with Crippen LogP contribution in [0.4, 0.5) is 4.39 Å². The van der Waals surface area contributed by atoms with Gasteiger partial charge >= 0.3 is 0 Å². The number of halogens is 1. The Balaban J connectivity index is 2.49. The first-order chi connectivity index (χ1) is 7.31. The Hall–Kier alpha value is -1.90. The summed E-state index contributed by atoms with van der Waals surface area (Å²) in [5.41, 5.74) is 1.06. The van der Waals surface area contributed by atoms with E-state index in [4.69, 9.17) is 4.74 Å². The molecule has 0 saturated carbocycles. The average molecular weight is 203 g/mol. The van der Waals surface area contributed by atoms with Crippen molar-refractivity contribution in [3.8, 4) is 17.0 Å². The van der Waals surface area contributed by atoms with E-state index >= 15 is 0 Å². The fourth-order valence-electron chi connectivity index (χ4n) is 1.37. The third kappa shape index (κ3) is 1.96. The van der Waals surface area contributed by atoms with Crippen LogP contribution in [0.25, 0.3) is 11.3 Å². The van der Waals surface area contributed by atoms with Gasteiger partial charge in [-0.2, -0.15) is 0 Å². The molecule has 0 amide bonds. The summed E-state index contributed by atoms with van der Waals surface area (Å²) in [7, 11) is 1.58. The van der Waals surface area contributed by atoms with E-state index < -0.39 is 0 Å². The van der Waals surface area contributed by atoms with E-state index in [1.165, 1.54) is 6.07 Å². The molecule has 0 bridgehead atoms. The van der Waals surface area contributed by atoms with Crippen molar-refractivity contribution in [1.29, 1.82) is 0 Å². The van der Waals surface area contributed by atoms with Crippen LogP contribution >= 0.6 is 0 Å². The molecule has 0 aliphatic carbocycles. The lowest BCUT2D eigenvalue weighted by atomic mass is 10.1. The second kappa shape index (κ2) is 4.09. The summed E-state index contributed by atoms with van der Waals surface area (Å²) in [6.45, 7) is 0. The molecule has 2 rings (SSSR count). The number of hydrogen-bond donors (Lipinski definition) is 0. The van der Waals surface area contributed by atoms with Crippen LogP contribution in [0.5, 0.6) is 5.75 Å². The Kier molecular flexibility index (Phi) is 2.63. The maximum absolute atomic E-state index is 13.4. The molecule has 1 aromatic carbocycles. The second-order valence-corrected chi connectivity index (χ2v) is 3.07. The van der Waals surface area contributed by atoms with E-state index in [1.807, 2.05) is 12.1 Å². The fourth-order valence-corrected chi connectivity index (χ4v) is 1.37. The average Bonchev–Trinajstić information content (AvgIpc) is 2.30. The zero-order valence-electron chi connectivity index (χ0n) is 8.27. The Morgan fingerprint density at radius 3 is 2.80 bits per heavy atom. The summed E-state index contributed by atoms with van der Waals surface area (Å²) in [4.78, 5) is 3.99. The summed E-state index contributed by atoms with van der Waals surface area (Å²) < 4.78 is 18.5. The van der Waals surface area contributed by atoms with Crippen LogP contribution in [0.3, 0.4) is 0 Å². The van der Waals surface area contributed by atoms with Gasteiger partial charge in [-0.25, -0.2) is 4.39 Å². The van der Waals surface area contributed by atoms with E-state index in [1.54, 1.807) is 31.5 Å². The minimum atomic E-state index is -0.328. The summed E-state index contributed by atoms with van der Waals surface area (Å²) in [6.07, 6.45) is 1.57. The highest BCUT2D eigenvalue weighted by Gasteiger charge is 2.05. The minimum Gasteiger partial charge on any atom is -0.497 e. The number of nitrogens with zero attached hydrogens (tertiary/aromatic N) is 1. The molecule has 0 fully saturated rings. The highest BCUT2D eigenvalue weighted by atomic mass is 19.1. The van der Waals surface area contributed by atoms with E-state index in [0.29, 0.717) is 17.0 Å². The standard InChI is InChI=1S/C12H10FNO/c1-15-10-5-2-4-9(8-10)12-11(13)6-3-7-14-12/h2-8H,1H3. The molecule has 0 aliphatic heterocycles. The fraction of sp³-hybridized carbons (Fsp3) is 0.0833. The number of ether oxygens (including phenoxy) is 1. The van der Waals surface area contributed by atoms with E-state index in [9.17, 15) is 4.39 Å². The minimum absolute atomic E-state index is 0.328. The van der Waals surface area contributed by atoms with Crippen LogP contribution in [0.2, 0.25) is 0 Å². The lowest BCUT2D eigenvalue weighted by Crippen LogP contribution is -1.89. The van der Waals surface area contributed by atoms with Crippen LogP contribution in [0, 0.1) is 5.82 Å². The Morgan fingerprint density at radius 2 is 2.07 bits per heavy atom. The van der Waals surface area contributed by atoms with Crippen molar-refractivity contribution in [3.05, 3.63) is 48.4 Å². The molecule has 3 heteroatoms. The van der Waals surface area contributed by atoms with Crippen molar-refractivity contribution in [2.45, 2.75) is 0 Å². The van der Waals surface area contributed by atoms with Crippen LogP contribution in [0.15, 0.2) is 42.6 Å². The maximum atomic E-state index is 13.4. The van der Waals surface area contributed by atoms with Crippen LogP contribution in [-0.2, 0) is 0 Å². The number of benzene rings is 1. The second-order valence-electron chi connectivity index (χ2n) is 3.07. The molecule has 76 valence electrons. The van der Waals surface area contributed by atoms with Crippen molar-refractivity contribution in [2.24, 2.45) is 0 Å². The molecular formula is C12H10FNO. The van der Waals surface area contributed by atoms with Gasteiger partial charge < -0.3 is 4.74 Å². The lowest BCUT2D eigenvalue weighted by molar-refractivity contribution is 0.415. The van der Waals surface area contributed by atoms with Gasteiger partial charge in [0.25, 0.3) is 0 Å². The van der Waals surface area contributed by atoms with E-state index in [2.05, 4.69) is 4.98 Å². The molecule has 0 unspecified atom stereocenters. The zero-order valence-corrected chi connectivity index (χ0v) is 8.27. The molecule has 15 heavy (non-hydrogen) atoms. The maximum Gasteiger partial charge on any atom is 0.149 e. The van der Waals surface area contributed by atoms with Gasteiger partial charge in [0.05, 0.1) is 7.11 Å². The smallest absolute Gasteiger partial charge is 0.149 e. The molecule has 0 radical (unpaired) electrons. The normalized spacial score (nSPS) is 10.0. The van der Waals surface area contributed by atoms with Gasteiger partial charge in [0.2, 0.25) is 0 Å². The predicted octanol–water partition coefficient (Wildman–Crippen LogP) is 2.90. The van der Waals surface area contributed by atoms with Gasteiger partial charge in [-0.3, -0.25) is 4.98 Å². The molecule has 2 aromatic rings. The molecular weight excluding hydrogens is 193 g/mol. The highest BCUT2D eigenvalue weighted by molar-refractivity contribution is 5.61. The Bertz CT molecular complexity index is 471. The van der Waals surface area contributed by atoms with E-state index in [-0.39, 0.29) is 5.82 Å². The van der Waals surface area contributed by atoms with Gasteiger partial charge in [0.15, 0.2) is 0 Å². The Morgan fingerprint density at radius 1 is 1.20 bits per heavy atom. The van der Waals surface area contributed by atoms with Crippen LogP contribution in [-0.4, -0.2) is 12.1 Å². The number of methoxy groups -OCH3 is 1. The number of rotatable bonds is 2. The first kappa shape index (κ1) is 9.65. The first-order valence-corrected chi connectivity index (χ1v) is 4.56. The summed E-state index contributed by atoms with van der Waals surface area (Å²) >= 11 is 0. The van der Waals surface area contributed by atoms with Crippen molar-refractivity contribution in [2.75, 3.05) is 7.11 Å². The SMILES string of the molecule is COc1cccc(-c2ncccc2F)c1. The van der Waals surface area contributed by atoms with Crippen molar-refractivity contribution in [1.82, 2.24) is 4.98 Å². The van der Waals surface area contributed by atoms with Gasteiger partial charge in [0.1, 0.15) is 17.3 Å². The molecule has 2 nitrogen and oxygen atoms in total. The van der Waals surface area contributed by atoms with Gasteiger partial charge in [-0.05, 0) is 24.3 Å². The monoisotopic (exact) mass is 203 g/mol. The summed E-state index contributed by atoms with van der Waals surface area (Å²) in [5.74, 6) is 0.364. The number of hydrogen-bond acceptors (Lipinski definition) is 2. The predicted molar refractivity (Wildman–Crippen MR) is 56.2 cm³/mol. The lowest BCUT2D eigenvalue weighted by Gasteiger charge is -2.04. The van der Waals surface area contributed by atoms with Gasteiger partial charge in [-0.15, -0.1) is 0 Å².